The van der Waals surface area contributed by atoms with Gasteiger partial charge >= 0.3 is 0 Å². The average molecular weight is 447 g/mol. The Kier molecular flexibility index (Phi) is 7.67. The predicted octanol–water partition coefficient (Wildman–Crippen LogP) is 3.75. The fourth-order valence-corrected chi connectivity index (χ4v) is 2.70. The van der Waals surface area contributed by atoms with E-state index in [9.17, 15) is 9.59 Å². The van der Waals surface area contributed by atoms with Crippen LogP contribution >= 0.6 is 47.0 Å². The number of amides is 2. The number of carbonyl (C=O) groups excluding carboxylic acids is 2. The van der Waals surface area contributed by atoms with E-state index in [2.05, 4.69) is 16.2 Å². The first kappa shape index (κ1) is 21.2. The first-order valence-electron chi connectivity index (χ1n) is 7.55. The van der Waals surface area contributed by atoms with Crippen LogP contribution in [0, 0.1) is 0 Å². The summed E-state index contributed by atoms with van der Waals surface area (Å²) in [5.74, 6) is -0.738. The van der Waals surface area contributed by atoms with Crippen LogP contribution in [0.4, 0.5) is 0 Å². The average Bonchev–Trinajstić information content (AvgIpc) is 2.62. The molecule has 1 unspecified atom stereocenters. The molecule has 0 aliphatic rings. The SMILES string of the molecule is CC(Oc1ccc(Cl)cc1Cl)C(=O)NNC(=S)NC(=O)c1ccccc1Cl. The van der Waals surface area contributed by atoms with Crippen molar-refractivity contribution in [2.24, 2.45) is 0 Å². The van der Waals surface area contributed by atoms with E-state index in [-0.39, 0.29) is 20.7 Å². The molecule has 27 heavy (non-hydrogen) atoms. The molecule has 142 valence electrons. The summed E-state index contributed by atoms with van der Waals surface area (Å²) in [4.78, 5) is 24.2. The van der Waals surface area contributed by atoms with Gasteiger partial charge in [-0.25, -0.2) is 0 Å². The van der Waals surface area contributed by atoms with Crippen molar-refractivity contribution in [2.75, 3.05) is 0 Å². The van der Waals surface area contributed by atoms with Gasteiger partial charge in [0, 0.05) is 5.02 Å². The van der Waals surface area contributed by atoms with Gasteiger partial charge in [0.05, 0.1) is 15.6 Å². The molecule has 0 aliphatic carbocycles. The molecule has 10 heteroatoms. The quantitative estimate of drug-likeness (QED) is 0.492. The molecule has 0 saturated heterocycles. The summed E-state index contributed by atoms with van der Waals surface area (Å²) in [6.45, 7) is 1.52. The molecular weight excluding hydrogens is 433 g/mol. The number of rotatable bonds is 4. The summed E-state index contributed by atoms with van der Waals surface area (Å²) < 4.78 is 5.47. The Bertz CT molecular complexity index is 879. The van der Waals surface area contributed by atoms with E-state index >= 15 is 0 Å². The molecule has 0 heterocycles. The molecular formula is C17H14Cl3N3O3S. The van der Waals surface area contributed by atoms with E-state index in [0.29, 0.717) is 10.8 Å². The minimum atomic E-state index is -0.891. The highest BCUT2D eigenvalue weighted by molar-refractivity contribution is 7.80. The van der Waals surface area contributed by atoms with Gasteiger partial charge in [0.15, 0.2) is 11.2 Å². The number of hydrogen-bond acceptors (Lipinski definition) is 4. The van der Waals surface area contributed by atoms with Gasteiger partial charge in [-0.3, -0.25) is 25.8 Å². The van der Waals surface area contributed by atoms with Crippen LogP contribution in [-0.4, -0.2) is 23.0 Å². The molecule has 0 aromatic heterocycles. The number of hydrogen-bond donors (Lipinski definition) is 3. The van der Waals surface area contributed by atoms with Crippen LogP contribution in [-0.2, 0) is 4.79 Å². The maximum Gasteiger partial charge on any atom is 0.279 e. The third kappa shape index (κ3) is 6.25. The first-order chi connectivity index (χ1) is 12.8. The van der Waals surface area contributed by atoms with Crippen LogP contribution in [0.15, 0.2) is 42.5 Å². The minimum Gasteiger partial charge on any atom is -0.479 e. The lowest BCUT2D eigenvalue weighted by Gasteiger charge is -2.17. The van der Waals surface area contributed by atoms with Crippen molar-refractivity contribution in [3.8, 4) is 5.75 Å². The Hall–Kier alpha value is -2.06. The van der Waals surface area contributed by atoms with Crippen molar-refractivity contribution in [1.29, 1.82) is 0 Å². The number of nitrogens with one attached hydrogen (secondary N) is 3. The van der Waals surface area contributed by atoms with E-state index < -0.39 is 17.9 Å². The molecule has 2 aromatic carbocycles. The van der Waals surface area contributed by atoms with E-state index in [1.165, 1.54) is 13.0 Å². The maximum absolute atomic E-state index is 12.1. The molecule has 0 spiro atoms. The highest BCUT2D eigenvalue weighted by Gasteiger charge is 2.17. The largest absolute Gasteiger partial charge is 0.479 e. The van der Waals surface area contributed by atoms with Gasteiger partial charge in [0.2, 0.25) is 0 Å². The molecule has 2 rings (SSSR count). The smallest absolute Gasteiger partial charge is 0.279 e. The van der Waals surface area contributed by atoms with Crippen LogP contribution in [0.3, 0.4) is 0 Å². The Morgan fingerprint density at radius 3 is 2.41 bits per heavy atom. The second kappa shape index (κ2) is 9.75. The zero-order valence-corrected chi connectivity index (χ0v) is 17.0. The lowest BCUT2D eigenvalue weighted by molar-refractivity contribution is -0.127. The first-order valence-corrected chi connectivity index (χ1v) is 9.09. The highest BCUT2D eigenvalue weighted by atomic mass is 35.5. The third-order valence-corrected chi connectivity index (χ3v) is 4.28. The van der Waals surface area contributed by atoms with Crippen LogP contribution in [0.1, 0.15) is 17.3 Å². The van der Waals surface area contributed by atoms with Gasteiger partial charge in [-0.2, -0.15) is 0 Å². The van der Waals surface area contributed by atoms with Crippen LogP contribution in [0.5, 0.6) is 5.75 Å². The molecule has 1 atom stereocenters. The lowest BCUT2D eigenvalue weighted by atomic mass is 10.2. The summed E-state index contributed by atoms with van der Waals surface area (Å²) in [6.07, 6.45) is -0.891. The van der Waals surface area contributed by atoms with Gasteiger partial charge in [-0.1, -0.05) is 46.9 Å². The summed E-state index contributed by atoms with van der Waals surface area (Å²) in [5, 5.41) is 3.30. The molecule has 6 nitrogen and oxygen atoms in total. The van der Waals surface area contributed by atoms with Crippen molar-refractivity contribution < 1.29 is 14.3 Å². The second-order valence-corrected chi connectivity index (χ2v) is 6.87. The molecule has 3 N–H and O–H groups in total. The minimum absolute atomic E-state index is 0.106. The normalized spacial score (nSPS) is 11.3. The van der Waals surface area contributed by atoms with Gasteiger partial charge in [0.25, 0.3) is 11.8 Å². The summed E-state index contributed by atoms with van der Waals surface area (Å²) in [7, 11) is 0. The fraction of sp³-hybridized carbons (Fsp3) is 0.118. The Balaban J connectivity index is 1.84. The highest BCUT2D eigenvalue weighted by Crippen LogP contribution is 2.28. The number of benzene rings is 2. The van der Waals surface area contributed by atoms with Crippen LogP contribution < -0.4 is 20.9 Å². The molecule has 0 radical (unpaired) electrons. The second-order valence-electron chi connectivity index (χ2n) is 5.21. The van der Waals surface area contributed by atoms with Crippen LogP contribution in [0.2, 0.25) is 15.1 Å². The molecule has 0 fully saturated rings. The summed E-state index contributed by atoms with van der Waals surface area (Å²) in [6, 6.07) is 11.1. The molecule has 2 amide bonds. The summed E-state index contributed by atoms with van der Waals surface area (Å²) >= 11 is 22.7. The number of halogens is 3. The van der Waals surface area contributed by atoms with Gasteiger partial charge in [-0.15, -0.1) is 0 Å². The van der Waals surface area contributed by atoms with E-state index in [1.54, 1.807) is 36.4 Å². The van der Waals surface area contributed by atoms with Crippen LogP contribution in [0.25, 0.3) is 0 Å². The zero-order chi connectivity index (χ0) is 20.0. The van der Waals surface area contributed by atoms with Gasteiger partial charge in [-0.05, 0) is 49.5 Å². The lowest BCUT2D eigenvalue weighted by Crippen LogP contribution is -2.51. The third-order valence-electron chi connectivity index (χ3n) is 3.21. The number of carbonyl (C=O) groups is 2. The van der Waals surface area contributed by atoms with Gasteiger partial charge < -0.3 is 4.74 Å². The Labute approximate surface area is 176 Å². The number of thiocarbonyl (C=S) groups is 1. The standard InChI is InChI=1S/C17H14Cl3N3O3S/c1-9(26-14-7-6-10(18)8-13(14)20)15(24)22-23-17(27)21-16(25)11-4-2-3-5-12(11)19/h2-9H,1H3,(H,22,24)(H2,21,23,25,27). The molecule has 0 saturated carbocycles. The topological polar surface area (TPSA) is 79.5 Å². The Morgan fingerprint density at radius 1 is 1.04 bits per heavy atom. The zero-order valence-electron chi connectivity index (χ0n) is 13.9. The predicted molar refractivity (Wildman–Crippen MR) is 109 cm³/mol. The molecule has 0 bridgehead atoms. The van der Waals surface area contributed by atoms with Crippen molar-refractivity contribution in [2.45, 2.75) is 13.0 Å². The molecule has 2 aromatic rings. The van der Waals surface area contributed by atoms with E-state index in [1.807, 2.05) is 0 Å². The Morgan fingerprint density at radius 2 is 1.74 bits per heavy atom. The van der Waals surface area contributed by atoms with E-state index in [4.69, 9.17) is 51.8 Å². The van der Waals surface area contributed by atoms with Crippen molar-refractivity contribution >= 4 is 63.9 Å². The van der Waals surface area contributed by atoms with Crippen molar-refractivity contribution in [1.82, 2.24) is 16.2 Å². The van der Waals surface area contributed by atoms with Crippen molar-refractivity contribution in [3.05, 3.63) is 63.1 Å². The monoisotopic (exact) mass is 445 g/mol. The number of ether oxygens (including phenoxy) is 1. The van der Waals surface area contributed by atoms with Gasteiger partial charge in [0.1, 0.15) is 5.75 Å². The van der Waals surface area contributed by atoms with Crippen molar-refractivity contribution in [3.63, 3.8) is 0 Å². The molecule has 0 aliphatic heterocycles. The maximum atomic E-state index is 12.1. The fourth-order valence-electron chi connectivity index (χ4n) is 1.88. The summed E-state index contributed by atoms with van der Waals surface area (Å²) in [5.41, 5.74) is 5.00. The number of hydrazine groups is 1. The van der Waals surface area contributed by atoms with E-state index in [0.717, 1.165) is 0 Å².